The van der Waals surface area contributed by atoms with Crippen LogP contribution in [0, 0.1) is 5.92 Å². The average molecular weight is 337 g/mol. The minimum absolute atomic E-state index is 0.0473. The lowest BCUT2D eigenvalue weighted by molar-refractivity contribution is -0.130. The molecule has 0 saturated carbocycles. The molecule has 2 amide bonds. The summed E-state index contributed by atoms with van der Waals surface area (Å²) in [4.78, 5) is 24.5. The number of nitrogens with one attached hydrogen (secondary N) is 3. The largest absolute Gasteiger partial charge is 0.354 e. The van der Waals surface area contributed by atoms with Crippen LogP contribution in [-0.4, -0.2) is 17.9 Å². The highest BCUT2D eigenvalue weighted by atomic mass is 16.2. The van der Waals surface area contributed by atoms with E-state index < -0.39 is 0 Å². The lowest BCUT2D eigenvalue weighted by Gasteiger charge is -2.28. The molecule has 2 atom stereocenters. The van der Waals surface area contributed by atoms with Crippen molar-refractivity contribution in [3.8, 4) is 0 Å². The molecule has 0 bridgehead atoms. The highest BCUT2D eigenvalue weighted by molar-refractivity contribution is 5.98. The summed E-state index contributed by atoms with van der Waals surface area (Å²) in [5, 5.41) is 9.23. The third kappa shape index (κ3) is 4.38. The fraction of sp³-hybridized carbons (Fsp3) is 0.300. The summed E-state index contributed by atoms with van der Waals surface area (Å²) in [5.74, 6) is -0.437. The number of hydrogen-bond donors (Lipinski definition) is 3. The first-order valence-electron chi connectivity index (χ1n) is 8.67. The van der Waals surface area contributed by atoms with Gasteiger partial charge in [0, 0.05) is 24.1 Å². The molecule has 2 aromatic rings. The standard InChI is InChI=1S/C20H23N3O2/c1-2-15-12-14(13-19(24)22-15)20(25)23-18-11-7-6-10-17(18)21-16-8-4-3-5-9-16/h3-11,14-15,21H,2,12-13H2,1H3,(H,22,24)(H,23,25)/t14-,15+/m0/s1. The molecule has 25 heavy (non-hydrogen) atoms. The Kier molecular flexibility index (Phi) is 5.33. The second-order valence-electron chi connectivity index (χ2n) is 6.34. The first-order valence-corrected chi connectivity index (χ1v) is 8.67. The van der Waals surface area contributed by atoms with Gasteiger partial charge in [0.05, 0.1) is 11.4 Å². The molecular weight excluding hydrogens is 314 g/mol. The van der Waals surface area contributed by atoms with E-state index in [0.29, 0.717) is 6.42 Å². The summed E-state index contributed by atoms with van der Waals surface area (Å²) in [5.41, 5.74) is 2.50. The molecule has 3 N–H and O–H groups in total. The zero-order valence-corrected chi connectivity index (χ0v) is 14.3. The predicted octanol–water partition coefficient (Wildman–Crippen LogP) is 3.67. The Morgan fingerprint density at radius 2 is 1.76 bits per heavy atom. The van der Waals surface area contributed by atoms with Gasteiger partial charge in [-0.1, -0.05) is 37.3 Å². The molecule has 1 fully saturated rings. The van der Waals surface area contributed by atoms with Gasteiger partial charge in [-0.2, -0.15) is 0 Å². The van der Waals surface area contributed by atoms with Crippen LogP contribution in [0.4, 0.5) is 17.1 Å². The lowest BCUT2D eigenvalue weighted by Crippen LogP contribution is -2.45. The van der Waals surface area contributed by atoms with Gasteiger partial charge in [-0.3, -0.25) is 9.59 Å². The lowest BCUT2D eigenvalue weighted by atomic mass is 9.90. The van der Waals surface area contributed by atoms with Gasteiger partial charge in [-0.15, -0.1) is 0 Å². The Morgan fingerprint density at radius 1 is 1.08 bits per heavy atom. The van der Waals surface area contributed by atoms with Crippen molar-refractivity contribution in [1.82, 2.24) is 5.32 Å². The molecule has 1 heterocycles. The summed E-state index contributed by atoms with van der Waals surface area (Å²) in [6, 6.07) is 17.5. The Labute approximate surface area is 147 Å². The molecule has 3 rings (SSSR count). The molecule has 0 aromatic heterocycles. The van der Waals surface area contributed by atoms with Crippen LogP contribution in [0.2, 0.25) is 0 Å². The van der Waals surface area contributed by atoms with E-state index in [-0.39, 0.29) is 30.2 Å². The van der Waals surface area contributed by atoms with Crippen molar-refractivity contribution in [2.75, 3.05) is 10.6 Å². The number of amides is 2. The summed E-state index contributed by atoms with van der Waals surface area (Å²) >= 11 is 0. The molecule has 130 valence electrons. The van der Waals surface area contributed by atoms with Gasteiger partial charge >= 0.3 is 0 Å². The van der Waals surface area contributed by atoms with Gasteiger partial charge in [0.25, 0.3) is 0 Å². The zero-order chi connectivity index (χ0) is 17.6. The monoisotopic (exact) mass is 337 g/mol. The second-order valence-corrected chi connectivity index (χ2v) is 6.34. The number of benzene rings is 2. The van der Waals surface area contributed by atoms with Gasteiger partial charge in [-0.25, -0.2) is 0 Å². The average Bonchev–Trinajstić information content (AvgIpc) is 2.63. The van der Waals surface area contributed by atoms with Crippen LogP contribution in [0.1, 0.15) is 26.2 Å². The van der Waals surface area contributed by atoms with E-state index in [0.717, 1.165) is 23.5 Å². The number of anilines is 3. The van der Waals surface area contributed by atoms with Gasteiger partial charge < -0.3 is 16.0 Å². The molecule has 0 radical (unpaired) electrons. The Bertz CT molecular complexity index is 746. The van der Waals surface area contributed by atoms with E-state index in [2.05, 4.69) is 16.0 Å². The Morgan fingerprint density at radius 3 is 2.48 bits per heavy atom. The Hall–Kier alpha value is -2.82. The maximum atomic E-state index is 12.7. The molecule has 0 spiro atoms. The fourth-order valence-corrected chi connectivity index (χ4v) is 3.08. The highest BCUT2D eigenvalue weighted by Gasteiger charge is 2.30. The molecular formula is C20H23N3O2. The predicted molar refractivity (Wildman–Crippen MR) is 99.7 cm³/mol. The van der Waals surface area contributed by atoms with Crippen LogP contribution in [0.3, 0.4) is 0 Å². The number of piperidine rings is 1. The van der Waals surface area contributed by atoms with Crippen molar-refractivity contribution in [2.45, 2.75) is 32.2 Å². The SMILES string of the molecule is CC[C@@H]1C[C@H](C(=O)Nc2ccccc2Nc2ccccc2)CC(=O)N1. The molecule has 1 aliphatic heterocycles. The van der Waals surface area contributed by atoms with Gasteiger partial charge in [0.15, 0.2) is 0 Å². The minimum atomic E-state index is -0.288. The molecule has 5 nitrogen and oxygen atoms in total. The number of carbonyl (C=O) groups excluding carboxylic acids is 2. The smallest absolute Gasteiger partial charge is 0.228 e. The van der Waals surface area contributed by atoms with Gasteiger partial charge in [0.1, 0.15) is 0 Å². The van der Waals surface area contributed by atoms with Crippen LogP contribution >= 0.6 is 0 Å². The van der Waals surface area contributed by atoms with Crippen molar-refractivity contribution in [2.24, 2.45) is 5.92 Å². The second kappa shape index (κ2) is 7.83. The summed E-state index contributed by atoms with van der Waals surface area (Å²) in [7, 11) is 0. The number of carbonyl (C=O) groups is 2. The number of hydrogen-bond acceptors (Lipinski definition) is 3. The topological polar surface area (TPSA) is 70.2 Å². The summed E-state index contributed by atoms with van der Waals surface area (Å²) in [6.07, 6.45) is 1.76. The summed E-state index contributed by atoms with van der Waals surface area (Å²) < 4.78 is 0. The van der Waals surface area contributed by atoms with E-state index in [9.17, 15) is 9.59 Å². The van der Waals surface area contributed by atoms with Crippen molar-refractivity contribution < 1.29 is 9.59 Å². The van der Waals surface area contributed by atoms with Crippen LogP contribution < -0.4 is 16.0 Å². The highest BCUT2D eigenvalue weighted by Crippen LogP contribution is 2.27. The van der Waals surface area contributed by atoms with Crippen molar-refractivity contribution >= 4 is 28.9 Å². The zero-order valence-electron chi connectivity index (χ0n) is 14.3. The van der Waals surface area contributed by atoms with Crippen LogP contribution in [0.5, 0.6) is 0 Å². The molecule has 5 heteroatoms. The quantitative estimate of drug-likeness (QED) is 0.779. The maximum Gasteiger partial charge on any atom is 0.228 e. The fourth-order valence-electron chi connectivity index (χ4n) is 3.08. The van der Waals surface area contributed by atoms with Gasteiger partial charge in [-0.05, 0) is 37.1 Å². The van der Waals surface area contributed by atoms with E-state index >= 15 is 0 Å². The third-order valence-electron chi connectivity index (χ3n) is 4.47. The number of rotatable bonds is 5. The Balaban J connectivity index is 1.72. The van der Waals surface area contributed by atoms with Crippen LogP contribution in [0.25, 0.3) is 0 Å². The third-order valence-corrected chi connectivity index (χ3v) is 4.47. The number of para-hydroxylation sites is 3. The van der Waals surface area contributed by atoms with E-state index in [1.165, 1.54) is 0 Å². The molecule has 0 unspecified atom stereocenters. The summed E-state index contributed by atoms with van der Waals surface area (Å²) in [6.45, 7) is 2.02. The molecule has 1 saturated heterocycles. The van der Waals surface area contributed by atoms with Gasteiger partial charge in [0.2, 0.25) is 11.8 Å². The minimum Gasteiger partial charge on any atom is -0.354 e. The maximum absolute atomic E-state index is 12.7. The molecule has 1 aliphatic rings. The van der Waals surface area contributed by atoms with Crippen molar-refractivity contribution in [3.05, 3.63) is 54.6 Å². The van der Waals surface area contributed by atoms with E-state index in [4.69, 9.17) is 0 Å². The van der Waals surface area contributed by atoms with Crippen LogP contribution in [0.15, 0.2) is 54.6 Å². The first-order chi connectivity index (χ1) is 12.2. The van der Waals surface area contributed by atoms with Crippen molar-refractivity contribution in [3.63, 3.8) is 0 Å². The van der Waals surface area contributed by atoms with Crippen molar-refractivity contribution in [1.29, 1.82) is 0 Å². The molecule has 0 aliphatic carbocycles. The van der Waals surface area contributed by atoms with E-state index in [1.54, 1.807) is 0 Å². The molecule has 2 aromatic carbocycles. The van der Waals surface area contributed by atoms with Crippen LogP contribution in [-0.2, 0) is 9.59 Å². The normalized spacial score (nSPS) is 19.8. The first kappa shape index (κ1) is 17.0. The van der Waals surface area contributed by atoms with E-state index in [1.807, 2.05) is 61.5 Å².